The van der Waals surface area contributed by atoms with Crippen molar-refractivity contribution in [3.63, 3.8) is 0 Å². The highest BCUT2D eigenvalue weighted by atomic mass is 16.5. The lowest BCUT2D eigenvalue weighted by Gasteiger charge is -2.35. The van der Waals surface area contributed by atoms with Crippen molar-refractivity contribution in [1.29, 1.82) is 0 Å². The molecule has 1 aromatic rings. The second kappa shape index (κ2) is 7.19. The molecular weight excluding hydrogens is 256 g/mol. The maximum absolute atomic E-state index is 11.6. The van der Waals surface area contributed by atoms with Crippen LogP contribution in [0.5, 0.6) is 0 Å². The van der Waals surface area contributed by atoms with E-state index in [9.17, 15) is 4.79 Å². The van der Waals surface area contributed by atoms with Gasteiger partial charge in [-0.1, -0.05) is 6.92 Å². The summed E-state index contributed by atoms with van der Waals surface area (Å²) < 4.78 is 5.04. The minimum Gasteiger partial charge on any atom is -0.466 e. The van der Waals surface area contributed by atoms with Gasteiger partial charge in [0.15, 0.2) is 0 Å². The Morgan fingerprint density at radius 3 is 2.55 bits per heavy atom. The Morgan fingerprint density at radius 2 is 1.95 bits per heavy atom. The number of hydrogen-bond acceptors (Lipinski definition) is 6. The molecule has 6 nitrogen and oxygen atoms in total. The van der Waals surface area contributed by atoms with Gasteiger partial charge in [0.2, 0.25) is 5.95 Å². The van der Waals surface area contributed by atoms with Crippen molar-refractivity contribution >= 4 is 11.9 Å². The second-order valence-electron chi connectivity index (χ2n) is 4.99. The van der Waals surface area contributed by atoms with Gasteiger partial charge in [0.05, 0.1) is 12.5 Å². The average Bonchev–Trinajstić information content (AvgIpc) is 2.49. The van der Waals surface area contributed by atoms with Crippen LogP contribution in [0.15, 0.2) is 18.5 Å². The van der Waals surface area contributed by atoms with E-state index in [1.807, 2.05) is 19.9 Å². The summed E-state index contributed by atoms with van der Waals surface area (Å²) in [5.74, 6) is 0.599. The van der Waals surface area contributed by atoms with Gasteiger partial charge in [-0.3, -0.25) is 9.69 Å². The van der Waals surface area contributed by atoms with Crippen molar-refractivity contribution < 1.29 is 9.53 Å². The van der Waals surface area contributed by atoms with E-state index in [2.05, 4.69) is 19.8 Å². The molecule has 0 radical (unpaired) electrons. The summed E-state index contributed by atoms with van der Waals surface area (Å²) in [6.07, 6.45) is 3.52. The number of carbonyl (C=O) groups is 1. The van der Waals surface area contributed by atoms with Crippen molar-refractivity contribution in [2.45, 2.75) is 13.8 Å². The molecule has 0 aliphatic carbocycles. The Labute approximate surface area is 119 Å². The zero-order chi connectivity index (χ0) is 14.4. The SMILES string of the molecule is CCOC(=O)C(C)CN1CCN(c2ncccn2)CC1. The molecule has 1 fully saturated rings. The highest BCUT2D eigenvalue weighted by molar-refractivity contribution is 5.72. The number of anilines is 1. The molecule has 2 heterocycles. The number of aromatic nitrogens is 2. The molecule has 0 amide bonds. The van der Waals surface area contributed by atoms with Crippen LogP contribution >= 0.6 is 0 Å². The first kappa shape index (κ1) is 14.7. The van der Waals surface area contributed by atoms with Crippen LogP contribution in [0.4, 0.5) is 5.95 Å². The molecule has 1 aliphatic heterocycles. The predicted molar refractivity (Wildman–Crippen MR) is 76.5 cm³/mol. The molecule has 2 rings (SSSR count). The van der Waals surface area contributed by atoms with Crippen LogP contribution < -0.4 is 4.90 Å². The van der Waals surface area contributed by atoms with Crippen LogP contribution in [-0.2, 0) is 9.53 Å². The molecule has 0 saturated carbocycles. The minimum atomic E-state index is -0.110. The number of carbonyl (C=O) groups excluding carboxylic acids is 1. The molecule has 1 atom stereocenters. The van der Waals surface area contributed by atoms with Gasteiger partial charge in [-0.2, -0.15) is 0 Å². The fourth-order valence-corrected chi connectivity index (χ4v) is 2.33. The molecule has 0 aromatic carbocycles. The Balaban J connectivity index is 1.78. The minimum absolute atomic E-state index is 0.0746. The molecule has 0 N–H and O–H groups in total. The van der Waals surface area contributed by atoms with E-state index >= 15 is 0 Å². The molecule has 110 valence electrons. The Morgan fingerprint density at radius 1 is 1.30 bits per heavy atom. The van der Waals surface area contributed by atoms with E-state index in [0.717, 1.165) is 38.7 Å². The maximum atomic E-state index is 11.6. The van der Waals surface area contributed by atoms with E-state index in [1.165, 1.54) is 0 Å². The summed E-state index contributed by atoms with van der Waals surface area (Å²) in [4.78, 5) is 24.6. The van der Waals surface area contributed by atoms with Crippen LogP contribution in [0.2, 0.25) is 0 Å². The lowest BCUT2D eigenvalue weighted by molar-refractivity contribution is -0.148. The van der Waals surface area contributed by atoms with E-state index < -0.39 is 0 Å². The van der Waals surface area contributed by atoms with Gasteiger partial charge in [-0.05, 0) is 13.0 Å². The normalized spacial score (nSPS) is 17.8. The number of ether oxygens (including phenoxy) is 1. The molecule has 1 unspecified atom stereocenters. The quantitative estimate of drug-likeness (QED) is 0.743. The smallest absolute Gasteiger partial charge is 0.309 e. The third kappa shape index (κ3) is 3.90. The zero-order valence-electron chi connectivity index (χ0n) is 12.2. The number of nitrogens with zero attached hydrogens (tertiary/aromatic N) is 4. The average molecular weight is 278 g/mol. The van der Waals surface area contributed by atoms with Gasteiger partial charge in [0.25, 0.3) is 0 Å². The van der Waals surface area contributed by atoms with Gasteiger partial charge in [-0.25, -0.2) is 9.97 Å². The first-order valence-electron chi connectivity index (χ1n) is 7.11. The summed E-state index contributed by atoms with van der Waals surface area (Å²) in [6.45, 7) is 8.57. The van der Waals surface area contributed by atoms with E-state index in [4.69, 9.17) is 4.74 Å². The molecular formula is C14H22N4O2. The van der Waals surface area contributed by atoms with Gasteiger partial charge in [0, 0.05) is 45.1 Å². The lowest BCUT2D eigenvalue weighted by Crippen LogP contribution is -2.48. The largest absolute Gasteiger partial charge is 0.466 e. The van der Waals surface area contributed by atoms with Crippen LogP contribution in [0.3, 0.4) is 0 Å². The molecule has 20 heavy (non-hydrogen) atoms. The monoisotopic (exact) mass is 278 g/mol. The Bertz CT molecular complexity index is 418. The summed E-state index contributed by atoms with van der Waals surface area (Å²) in [5, 5.41) is 0. The third-order valence-electron chi connectivity index (χ3n) is 3.43. The molecule has 1 saturated heterocycles. The number of hydrogen-bond donors (Lipinski definition) is 0. The second-order valence-corrected chi connectivity index (χ2v) is 4.99. The third-order valence-corrected chi connectivity index (χ3v) is 3.43. The van der Waals surface area contributed by atoms with Crippen LogP contribution in [0.25, 0.3) is 0 Å². The topological polar surface area (TPSA) is 58.6 Å². The van der Waals surface area contributed by atoms with Crippen LogP contribution in [0.1, 0.15) is 13.8 Å². The summed E-state index contributed by atoms with van der Waals surface area (Å²) in [7, 11) is 0. The maximum Gasteiger partial charge on any atom is 0.309 e. The molecule has 1 aliphatic rings. The summed E-state index contributed by atoms with van der Waals surface area (Å²) in [6, 6.07) is 1.82. The summed E-state index contributed by atoms with van der Waals surface area (Å²) in [5.41, 5.74) is 0. The van der Waals surface area contributed by atoms with Crippen molar-refractivity contribution in [3.8, 4) is 0 Å². The van der Waals surface area contributed by atoms with Gasteiger partial charge < -0.3 is 9.64 Å². The van der Waals surface area contributed by atoms with Gasteiger partial charge >= 0.3 is 5.97 Å². The fourth-order valence-electron chi connectivity index (χ4n) is 2.33. The Kier molecular flexibility index (Phi) is 5.29. The lowest BCUT2D eigenvalue weighted by atomic mass is 10.1. The van der Waals surface area contributed by atoms with E-state index in [1.54, 1.807) is 12.4 Å². The van der Waals surface area contributed by atoms with Gasteiger partial charge in [0.1, 0.15) is 0 Å². The van der Waals surface area contributed by atoms with Crippen LogP contribution in [-0.4, -0.2) is 60.2 Å². The van der Waals surface area contributed by atoms with Crippen molar-refractivity contribution in [3.05, 3.63) is 18.5 Å². The highest BCUT2D eigenvalue weighted by Gasteiger charge is 2.23. The van der Waals surface area contributed by atoms with Crippen molar-refractivity contribution in [2.24, 2.45) is 5.92 Å². The molecule has 0 bridgehead atoms. The first-order valence-corrected chi connectivity index (χ1v) is 7.11. The van der Waals surface area contributed by atoms with E-state index in [0.29, 0.717) is 6.61 Å². The molecule has 6 heteroatoms. The zero-order valence-corrected chi connectivity index (χ0v) is 12.2. The van der Waals surface area contributed by atoms with Crippen LogP contribution in [0, 0.1) is 5.92 Å². The predicted octanol–water partition coefficient (Wildman–Crippen LogP) is 0.798. The van der Waals surface area contributed by atoms with E-state index in [-0.39, 0.29) is 11.9 Å². The number of piperazine rings is 1. The Hall–Kier alpha value is -1.69. The molecule has 0 spiro atoms. The number of esters is 1. The van der Waals surface area contributed by atoms with Crippen molar-refractivity contribution in [1.82, 2.24) is 14.9 Å². The first-order chi connectivity index (χ1) is 9.70. The standard InChI is InChI=1S/C14H22N4O2/c1-3-20-13(19)12(2)11-17-7-9-18(10-8-17)14-15-5-4-6-16-14/h4-6,12H,3,7-11H2,1-2H3. The molecule has 1 aromatic heterocycles. The van der Waals surface area contributed by atoms with Crippen molar-refractivity contribution in [2.75, 3.05) is 44.2 Å². The highest BCUT2D eigenvalue weighted by Crippen LogP contribution is 2.11. The van der Waals surface area contributed by atoms with Gasteiger partial charge in [-0.15, -0.1) is 0 Å². The number of rotatable bonds is 5. The summed E-state index contributed by atoms with van der Waals surface area (Å²) >= 11 is 0. The fraction of sp³-hybridized carbons (Fsp3) is 0.643.